The van der Waals surface area contributed by atoms with Crippen LogP contribution in [0.4, 0.5) is 0 Å². The van der Waals surface area contributed by atoms with Crippen LogP contribution < -0.4 is 0 Å². The van der Waals surface area contributed by atoms with Crippen LogP contribution in [-0.4, -0.2) is 12.9 Å². The van der Waals surface area contributed by atoms with E-state index < -0.39 is 0 Å². The molecule has 0 aromatic heterocycles. The second kappa shape index (κ2) is 3.05. The van der Waals surface area contributed by atoms with E-state index in [9.17, 15) is 0 Å². The van der Waals surface area contributed by atoms with Gasteiger partial charge in [-0.3, -0.25) is 0 Å². The van der Waals surface area contributed by atoms with Gasteiger partial charge in [0.15, 0.2) is 6.29 Å². The van der Waals surface area contributed by atoms with Crippen LogP contribution >= 0.6 is 0 Å². The van der Waals surface area contributed by atoms with Gasteiger partial charge in [-0.15, -0.1) is 0 Å². The van der Waals surface area contributed by atoms with Crippen LogP contribution in [0.25, 0.3) is 0 Å². The molecule has 1 fully saturated rings. The highest BCUT2D eigenvalue weighted by Crippen LogP contribution is 2.12. The van der Waals surface area contributed by atoms with Crippen molar-refractivity contribution in [2.24, 2.45) is 0 Å². The van der Waals surface area contributed by atoms with Crippen molar-refractivity contribution >= 4 is 0 Å². The van der Waals surface area contributed by atoms with Crippen molar-refractivity contribution in [1.82, 2.24) is 0 Å². The highest BCUT2D eigenvalue weighted by Gasteiger charge is 2.10. The molecule has 1 heterocycles. The number of hydrogen-bond donors (Lipinski definition) is 0. The zero-order valence-electron chi connectivity index (χ0n) is 4.80. The van der Waals surface area contributed by atoms with E-state index in [4.69, 9.17) is 11.8 Å². The molecule has 0 spiro atoms. The maximum absolute atomic E-state index is 5.08. The van der Waals surface area contributed by atoms with Crippen molar-refractivity contribution in [1.29, 1.82) is 0 Å². The second-order valence-electron chi connectivity index (χ2n) is 1.93. The molecule has 8 heavy (non-hydrogen) atoms. The lowest BCUT2D eigenvalue weighted by atomic mass is 10.2. The Hall–Kier alpha value is -0.0800. The Morgan fingerprint density at radius 3 is 2.75 bits per heavy atom. The zero-order chi connectivity index (χ0) is 5.82. The Labute approximate surface area is 49.8 Å². The first-order valence-corrected chi connectivity index (χ1v) is 2.90. The minimum atomic E-state index is -0.135. The summed E-state index contributed by atoms with van der Waals surface area (Å²) in [6.45, 7) is 0.794. The van der Waals surface area contributed by atoms with Gasteiger partial charge in [-0.05, 0) is 19.3 Å². The molecule has 1 aliphatic rings. The van der Waals surface area contributed by atoms with Crippen molar-refractivity contribution in [3.05, 3.63) is 7.11 Å². The highest BCUT2D eigenvalue weighted by molar-refractivity contribution is 4.52. The minimum absolute atomic E-state index is 0.135. The average Bonchev–Trinajstić information content (AvgIpc) is 1.90. The number of hydrogen-bond acceptors (Lipinski definition) is 2. The van der Waals surface area contributed by atoms with Crippen molar-refractivity contribution < 1.29 is 9.47 Å². The molecule has 1 rings (SSSR count). The molecule has 46 valence electrons. The van der Waals surface area contributed by atoms with Crippen LogP contribution in [0.1, 0.15) is 19.3 Å². The molecule has 1 unspecified atom stereocenters. The normalized spacial score (nSPS) is 30.4. The molecule has 2 nitrogen and oxygen atoms in total. The van der Waals surface area contributed by atoms with Gasteiger partial charge in [0.05, 0.1) is 0 Å². The Morgan fingerprint density at radius 2 is 2.38 bits per heavy atom. The summed E-state index contributed by atoms with van der Waals surface area (Å²) in [6.07, 6.45) is 3.11. The van der Waals surface area contributed by atoms with Gasteiger partial charge in [0.25, 0.3) is 0 Å². The monoisotopic (exact) mass is 114 g/mol. The summed E-state index contributed by atoms with van der Waals surface area (Å²) in [4.78, 5) is 0. The minimum Gasteiger partial charge on any atom is -0.353 e. The Balaban J connectivity index is 2.13. The van der Waals surface area contributed by atoms with Gasteiger partial charge in [0.2, 0.25) is 0 Å². The zero-order valence-corrected chi connectivity index (χ0v) is 4.80. The fraction of sp³-hybridized carbons (Fsp3) is 0.833. The van der Waals surface area contributed by atoms with E-state index in [0.717, 1.165) is 19.4 Å². The highest BCUT2D eigenvalue weighted by atomic mass is 16.7. The number of rotatable bonds is 1. The van der Waals surface area contributed by atoms with Crippen LogP contribution in [-0.2, 0) is 9.47 Å². The van der Waals surface area contributed by atoms with E-state index in [1.165, 1.54) is 6.42 Å². The predicted octanol–water partition coefficient (Wildman–Crippen LogP) is 1.20. The van der Waals surface area contributed by atoms with E-state index in [1.54, 1.807) is 0 Å². The summed E-state index contributed by atoms with van der Waals surface area (Å²) in [6, 6.07) is 0. The molecule has 0 amide bonds. The van der Waals surface area contributed by atoms with Crippen molar-refractivity contribution in [3.63, 3.8) is 0 Å². The lowest BCUT2D eigenvalue weighted by Gasteiger charge is -2.19. The van der Waals surface area contributed by atoms with Gasteiger partial charge in [-0.2, -0.15) is 0 Å². The maximum atomic E-state index is 5.08. The van der Waals surface area contributed by atoms with Gasteiger partial charge in [0, 0.05) is 6.61 Å². The first-order chi connectivity index (χ1) is 3.93. The van der Waals surface area contributed by atoms with E-state index in [0.29, 0.717) is 0 Å². The van der Waals surface area contributed by atoms with Crippen LogP contribution in [0, 0.1) is 7.11 Å². The smallest absolute Gasteiger partial charge is 0.158 e. The molecule has 2 heteroatoms. The maximum Gasteiger partial charge on any atom is 0.158 e. The van der Waals surface area contributed by atoms with Crippen LogP contribution in [0.2, 0.25) is 0 Å². The largest absolute Gasteiger partial charge is 0.353 e. The van der Waals surface area contributed by atoms with Crippen LogP contribution in [0.15, 0.2) is 0 Å². The molecule has 0 saturated carbocycles. The average molecular weight is 114 g/mol. The topological polar surface area (TPSA) is 18.5 Å². The number of ether oxygens (including phenoxy) is 2. The van der Waals surface area contributed by atoms with Gasteiger partial charge in [-0.25, -0.2) is 0 Å². The van der Waals surface area contributed by atoms with Crippen LogP contribution in [0.5, 0.6) is 0 Å². The molecule has 1 saturated heterocycles. The first-order valence-electron chi connectivity index (χ1n) is 2.90. The summed E-state index contributed by atoms with van der Waals surface area (Å²) in [5.74, 6) is 0. The molecular formula is C6H10O2. The summed E-state index contributed by atoms with van der Waals surface area (Å²) < 4.78 is 9.55. The molecule has 0 bridgehead atoms. The van der Waals surface area contributed by atoms with E-state index in [1.807, 2.05) is 0 Å². The third kappa shape index (κ3) is 1.46. The lowest BCUT2D eigenvalue weighted by Crippen LogP contribution is -2.19. The van der Waals surface area contributed by atoms with Crippen LogP contribution in [0.3, 0.4) is 0 Å². The van der Waals surface area contributed by atoms with Gasteiger partial charge >= 0.3 is 0 Å². The molecule has 2 radical (unpaired) electrons. The Bertz CT molecular complexity index is 57.5. The molecular weight excluding hydrogens is 104 g/mol. The summed E-state index contributed by atoms with van der Waals surface area (Å²) >= 11 is 0. The van der Waals surface area contributed by atoms with Crippen molar-refractivity contribution in [3.8, 4) is 0 Å². The molecule has 0 aliphatic carbocycles. The molecule has 1 aliphatic heterocycles. The van der Waals surface area contributed by atoms with Crippen molar-refractivity contribution in [2.75, 3.05) is 6.61 Å². The van der Waals surface area contributed by atoms with E-state index >= 15 is 0 Å². The fourth-order valence-electron chi connectivity index (χ4n) is 0.819. The van der Waals surface area contributed by atoms with E-state index in [-0.39, 0.29) is 6.29 Å². The quantitative estimate of drug-likeness (QED) is 0.510. The summed E-state index contributed by atoms with van der Waals surface area (Å²) in [5.41, 5.74) is 0. The van der Waals surface area contributed by atoms with Crippen molar-refractivity contribution in [2.45, 2.75) is 25.6 Å². The fourth-order valence-corrected chi connectivity index (χ4v) is 0.819. The third-order valence-corrected chi connectivity index (χ3v) is 1.29. The van der Waals surface area contributed by atoms with Gasteiger partial charge in [-0.1, -0.05) is 0 Å². The standard InChI is InChI=1S/C6H10O2/c1-7-6-4-2-3-5-8-6/h1,6H,2-5H2. The Morgan fingerprint density at radius 1 is 1.50 bits per heavy atom. The molecule has 0 N–H and O–H groups in total. The van der Waals surface area contributed by atoms with E-state index in [2.05, 4.69) is 4.74 Å². The van der Waals surface area contributed by atoms with Gasteiger partial charge in [0.1, 0.15) is 7.11 Å². The molecule has 1 atom stereocenters. The Kier molecular flexibility index (Phi) is 2.30. The summed E-state index contributed by atoms with van der Waals surface area (Å²) in [7, 11) is 4.88. The summed E-state index contributed by atoms with van der Waals surface area (Å²) in [5, 5.41) is 0. The second-order valence-corrected chi connectivity index (χ2v) is 1.93. The third-order valence-electron chi connectivity index (χ3n) is 1.29. The lowest BCUT2D eigenvalue weighted by molar-refractivity contribution is -0.132. The van der Waals surface area contributed by atoms with Gasteiger partial charge < -0.3 is 9.47 Å². The predicted molar refractivity (Wildman–Crippen MR) is 29.0 cm³/mol. The molecule has 0 aromatic carbocycles. The molecule has 0 aromatic rings. The SMILES string of the molecule is [CH]OC1CCCCO1. The first kappa shape index (κ1) is 6.05.